The molecule has 0 bridgehead atoms. The number of aryl methyl sites for hydroxylation is 2. The summed E-state index contributed by atoms with van der Waals surface area (Å²) in [6.07, 6.45) is -4.08. The van der Waals surface area contributed by atoms with Crippen LogP contribution in [0.2, 0.25) is 0 Å². The molecule has 2 aromatic heterocycles. The van der Waals surface area contributed by atoms with Gasteiger partial charge in [-0.1, -0.05) is 24.3 Å². The number of alkyl halides is 3. The maximum Gasteiger partial charge on any atom is 0.416 e. The third kappa shape index (κ3) is 4.77. The number of halogens is 3. The van der Waals surface area contributed by atoms with Crippen LogP contribution in [0.3, 0.4) is 0 Å². The van der Waals surface area contributed by atoms with Gasteiger partial charge in [-0.05, 0) is 36.9 Å². The molecule has 32 heavy (non-hydrogen) atoms. The van der Waals surface area contributed by atoms with Crippen LogP contribution in [-0.2, 0) is 12.6 Å². The summed E-state index contributed by atoms with van der Waals surface area (Å²) in [7, 11) is 0. The Labute approximate surface area is 188 Å². The van der Waals surface area contributed by atoms with Crippen molar-refractivity contribution in [1.29, 1.82) is 0 Å². The van der Waals surface area contributed by atoms with Crippen molar-refractivity contribution in [3.8, 4) is 0 Å². The normalized spacial score (nSPS) is 14.7. The number of aromatic nitrogens is 2. The zero-order valence-electron chi connectivity index (χ0n) is 17.8. The van der Waals surface area contributed by atoms with Crippen molar-refractivity contribution < 1.29 is 18.0 Å². The summed E-state index contributed by atoms with van der Waals surface area (Å²) in [5.74, 6) is 1.37. The van der Waals surface area contributed by atoms with Gasteiger partial charge in [-0.2, -0.15) is 13.2 Å². The minimum Gasteiger partial charge on any atom is -0.353 e. The van der Waals surface area contributed by atoms with E-state index in [2.05, 4.69) is 14.9 Å². The van der Waals surface area contributed by atoms with Crippen LogP contribution in [0.25, 0.3) is 0 Å². The molecule has 1 aliphatic heterocycles. The lowest BCUT2D eigenvalue weighted by Crippen LogP contribution is -2.49. The number of piperazine rings is 1. The van der Waals surface area contributed by atoms with Gasteiger partial charge in [0.1, 0.15) is 11.6 Å². The van der Waals surface area contributed by atoms with Crippen molar-refractivity contribution in [3.63, 3.8) is 0 Å². The van der Waals surface area contributed by atoms with Gasteiger partial charge in [0.15, 0.2) is 0 Å². The lowest BCUT2D eigenvalue weighted by molar-refractivity contribution is -0.137. The summed E-state index contributed by atoms with van der Waals surface area (Å²) in [4.78, 5) is 26.4. The lowest BCUT2D eigenvalue weighted by atomic mass is 10.0. The van der Waals surface area contributed by atoms with Crippen LogP contribution in [0, 0.1) is 13.8 Å². The summed E-state index contributed by atoms with van der Waals surface area (Å²) in [6.45, 7) is 5.98. The molecule has 0 radical (unpaired) electrons. The van der Waals surface area contributed by atoms with E-state index < -0.39 is 11.7 Å². The molecule has 3 aromatic rings. The number of thiophene rings is 1. The highest BCUT2D eigenvalue weighted by molar-refractivity contribution is 7.12. The molecule has 1 aromatic carbocycles. The number of nitrogens with zero attached hydrogens (tertiary/aromatic N) is 4. The van der Waals surface area contributed by atoms with Gasteiger partial charge in [-0.15, -0.1) is 11.3 Å². The Hall–Kier alpha value is -2.94. The molecule has 9 heteroatoms. The van der Waals surface area contributed by atoms with E-state index in [1.54, 1.807) is 13.0 Å². The number of hydrogen-bond donors (Lipinski definition) is 0. The second-order valence-corrected chi connectivity index (χ2v) is 8.74. The van der Waals surface area contributed by atoms with Crippen LogP contribution in [0.1, 0.15) is 37.9 Å². The van der Waals surface area contributed by atoms with Crippen molar-refractivity contribution >= 4 is 23.1 Å². The van der Waals surface area contributed by atoms with E-state index in [9.17, 15) is 18.0 Å². The monoisotopic (exact) mass is 460 g/mol. The molecule has 0 spiro atoms. The van der Waals surface area contributed by atoms with Gasteiger partial charge >= 0.3 is 6.18 Å². The van der Waals surface area contributed by atoms with Crippen LogP contribution < -0.4 is 4.90 Å². The maximum absolute atomic E-state index is 13.1. The van der Waals surface area contributed by atoms with Gasteiger partial charge in [-0.25, -0.2) is 9.97 Å². The second kappa shape index (κ2) is 8.90. The molecule has 0 N–H and O–H groups in total. The number of anilines is 1. The van der Waals surface area contributed by atoms with Crippen molar-refractivity contribution in [2.45, 2.75) is 26.4 Å². The van der Waals surface area contributed by atoms with Crippen LogP contribution in [0.15, 0.2) is 41.8 Å². The Morgan fingerprint density at radius 3 is 2.47 bits per heavy atom. The molecule has 1 aliphatic rings. The fourth-order valence-corrected chi connectivity index (χ4v) is 4.62. The van der Waals surface area contributed by atoms with Crippen molar-refractivity contribution in [2.24, 2.45) is 0 Å². The molecular weight excluding hydrogens is 437 g/mol. The summed E-state index contributed by atoms with van der Waals surface area (Å²) in [5.41, 5.74) is 1.46. The van der Waals surface area contributed by atoms with E-state index in [-0.39, 0.29) is 5.91 Å². The van der Waals surface area contributed by atoms with E-state index in [1.165, 1.54) is 23.5 Å². The van der Waals surface area contributed by atoms with Crippen molar-refractivity contribution in [1.82, 2.24) is 14.9 Å². The molecule has 3 heterocycles. The van der Waals surface area contributed by atoms with Gasteiger partial charge in [0.25, 0.3) is 5.91 Å². The molecule has 4 rings (SSSR count). The largest absolute Gasteiger partial charge is 0.416 e. The minimum absolute atomic E-state index is 0.0267. The number of amides is 1. The zero-order valence-corrected chi connectivity index (χ0v) is 18.6. The van der Waals surface area contributed by atoms with Gasteiger partial charge in [0, 0.05) is 43.9 Å². The first-order valence-corrected chi connectivity index (χ1v) is 11.2. The first kappa shape index (κ1) is 22.3. The molecular formula is C23H23F3N4OS. The van der Waals surface area contributed by atoms with Gasteiger partial charge in [0.05, 0.1) is 10.4 Å². The van der Waals surface area contributed by atoms with E-state index in [0.29, 0.717) is 44.0 Å². The molecule has 1 amide bonds. The average Bonchev–Trinajstić information content (AvgIpc) is 3.30. The highest BCUT2D eigenvalue weighted by atomic mass is 32.1. The first-order chi connectivity index (χ1) is 15.2. The van der Waals surface area contributed by atoms with Crippen LogP contribution in [-0.4, -0.2) is 47.0 Å². The molecule has 1 fully saturated rings. The Balaban J connectivity index is 1.56. The summed E-state index contributed by atoms with van der Waals surface area (Å²) in [6, 6.07) is 9.06. The quantitative estimate of drug-likeness (QED) is 0.565. The maximum atomic E-state index is 13.1. The third-order valence-corrected chi connectivity index (χ3v) is 6.40. The zero-order chi connectivity index (χ0) is 22.9. The Morgan fingerprint density at radius 2 is 1.81 bits per heavy atom. The predicted molar refractivity (Wildman–Crippen MR) is 118 cm³/mol. The highest BCUT2D eigenvalue weighted by Gasteiger charge is 2.31. The highest BCUT2D eigenvalue weighted by Crippen LogP contribution is 2.31. The Morgan fingerprint density at radius 1 is 1.06 bits per heavy atom. The molecule has 168 valence electrons. The smallest absolute Gasteiger partial charge is 0.353 e. The number of carbonyl (C=O) groups is 1. The summed E-state index contributed by atoms with van der Waals surface area (Å²) >= 11 is 1.43. The number of benzene rings is 1. The van der Waals surface area contributed by atoms with Gasteiger partial charge in [-0.3, -0.25) is 4.79 Å². The molecule has 0 atom stereocenters. The van der Waals surface area contributed by atoms with Gasteiger partial charge < -0.3 is 9.80 Å². The fraction of sp³-hybridized carbons (Fsp3) is 0.348. The number of rotatable bonds is 4. The van der Waals surface area contributed by atoms with Crippen molar-refractivity contribution in [2.75, 3.05) is 31.1 Å². The predicted octanol–water partition coefficient (Wildman–Crippen LogP) is 4.73. The summed E-state index contributed by atoms with van der Waals surface area (Å²) < 4.78 is 39.4. The standard InChI is InChI=1S/C23H23F3N4OS/c1-15-19(14-17-5-3-6-18(13-17)23(24,25)26)21(28-16(2)27-15)29-8-10-30(11-9-29)22(31)20-7-4-12-32-20/h3-7,12-13H,8-11,14H2,1-2H3. The topological polar surface area (TPSA) is 49.3 Å². The Bertz CT molecular complexity index is 1110. The lowest BCUT2D eigenvalue weighted by Gasteiger charge is -2.36. The minimum atomic E-state index is -4.39. The Kier molecular flexibility index (Phi) is 6.19. The summed E-state index contributed by atoms with van der Waals surface area (Å²) in [5, 5.41) is 1.88. The van der Waals surface area contributed by atoms with E-state index >= 15 is 0 Å². The van der Waals surface area contributed by atoms with E-state index in [1.807, 2.05) is 29.3 Å². The van der Waals surface area contributed by atoms with Gasteiger partial charge in [0.2, 0.25) is 0 Å². The van der Waals surface area contributed by atoms with E-state index in [4.69, 9.17) is 0 Å². The van der Waals surface area contributed by atoms with Crippen LogP contribution in [0.4, 0.5) is 19.0 Å². The van der Waals surface area contributed by atoms with E-state index in [0.717, 1.165) is 28.0 Å². The SMILES string of the molecule is Cc1nc(C)c(Cc2cccc(C(F)(F)F)c2)c(N2CCN(C(=O)c3cccs3)CC2)n1. The first-order valence-electron chi connectivity index (χ1n) is 10.3. The van der Waals surface area contributed by atoms with Crippen LogP contribution in [0.5, 0.6) is 0 Å². The third-order valence-electron chi connectivity index (χ3n) is 5.54. The molecule has 0 unspecified atom stereocenters. The molecule has 5 nitrogen and oxygen atoms in total. The fourth-order valence-electron chi connectivity index (χ4n) is 3.93. The number of hydrogen-bond acceptors (Lipinski definition) is 5. The molecule has 1 saturated heterocycles. The average molecular weight is 461 g/mol. The van der Waals surface area contributed by atoms with Crippen LogP contribution >= 0.6 is 11.3 Å². The number of carbonyl (C=O) groups excluding carboxylic acids is 1. The second-order valence-electron chi connectivity index (χ2n) is 7.79. The van der Waals surface area contributed by atoms with Crippen molar-refractivity contribution in [3.05, 3.63) is 74.9 Å². The molecule has 0 aliphatic carbocycles. The molecule has 0 saturated carbocycles.